The van der Waals surface area contributed by atoms with Crippen LogP contribution in [0.2, 0.25) is 0 Å². The van der Waals surface area contributed by atoms with Crippen LogP contribution in [0.15, 0.2) is 29.4 Å². The fourth-order valence-corrected chi connectivity index (χ4v) is 1.26. The predicted octanol–water partition coefficient (Wildman–Crippen LogP) is 2.81. The summed E-state index contributed by atoms with van der Waals surface area (Å²) in [5.41, 5.74) is 1.15. The van der Waals surface area contributed by atoms with Gasteiger partial charge in [-0.3, -0.25) is 0 Å². The highest BCUT2D eigenvalue weighted by molar-refractivity contribution is 5.20. The van der Waals surface area contributed by atoms with Crippen molar-refractivity contribution in [2.75, 3.05) is 6.54 Å². The molecule has 1 heterocycles. The lowest BCUT2D eigenvalue weighted by Crippen LogP contribution is -2.19. The Morgan fingerprint density at radius 1 is 1.69 bits per heavy atom. The minimum Gasteiger partial charge on any atom is -0.469 e. The van der Waals surface area contributed by atoms with E-state index in [4.69, 9.17) is 4.42 Å². The lowest BCUT2D eigenvalue weighted by Gasteiger charge is -2.11. The summed E-state index contributed by atoms with van der Waals surface area (Å²) < 4.78 is 5.24. The van der Waals surface area contributed by atoms with Gasteiger partial charge in [-0.05, 0) is 26.0 Å². The normalized spacial score (nSPS) is 12.8. The summed E-state index contributed by atoms with van der Waals surface area (Å²) in [6.07, 6.45) is 4.81. The summed E-state index contributed by atoms with van der Waals surface area (Å²) in [6, 6.07) is 2.26. The summed E-state index contributed by atoms with van der Waals surface area (Å²) in [7, 11) is 0. The molecular weight excluding hydrogens is 162 g/mol. The molecule has 1 rings (SSSR count). The van der Waals surface area contributed by atoms with E-state index in [-0.39, 0.29) is 6.04 Å². The van der Waals surface area contributed by atoms with Crippen molar-refractivity contribution in [3.05, 3.63) is 36.3 Å². The molecule has 0 saturated carbocycles. The molecule has 1 aromatic heterocycles. The molecule has 2 heteroatoms. The van der Waals surface area contributed by atoms with E-state index in [2.05, 4.69) is 18.8 Å². The first-order chi connectivity index (χ1) is 6.27. The van der Waals surface area contributed by atoms with Crippen LogP contribution in [0, 0.1) is 6.92 Å². The zero-order chi connectivity index (χ0) is 9.68. The number of rotatable bonds is 5. The molecular formula is C11H17NO. The molecule has 0 aromatic carbocycles. The highest BCUT2D eigenvalue weighted by Gasteiger charge is 2.07. The smallest absolute Gasteiger partial charge is 0.101 e. The molecule has 0 fully saturated rings. The van der Waals surface area contributed by atoms with Crippen LogP contribution >= 0.6 is 0 Å². The van der Waals surface area contributed by atoms with Crippen LogP contribution in [0.1, 0.15) is 30.7 Å². The van der Waals surface area contributed by atoms with Gasteiger partial charge in [0.15, 0.2) is 0 Å². The number of furan rings is 1. The summed E-state index contributed by atoms with van der Waals surface area (Å²) in [5.74, 6) is 0.945. The summed E-state index contributed by atoms with van der Waals surface area (Å²) in [6.45, 7) is 8.89. The van der Waals surface area contributed by atoms with Crippen molar-refractivity contribution in [3.63, 3.8) is 0 Å². The Morgan fingerprint density at radius 3 is 2.92 bits per heavy atom. The molecule has 0 saturated heterocycles. The van der Waals surface area contributed by atoms with Gasteiger partial charge >= 0.3 is 0 Å². The number of hydrogen-bond donors (Lipinski definition) is 1. The fourth-order valence-electron chi connectivity index (χ4n) is 1.26. The predicted molar refractivity (Wildman–Crippen MR) is 54.7 cm³/mol. The molecule has 1 aromatic rings. The highest BCUT2D eigenvalue weighted by Crippen LogP contribution is 2.16. The van der Waals surface area contributed by atoms with E-state index in [1.54, 1.807) is 6.26 Å². The summed E-state index contributed by atoms with van der Waals surface area (Å²) in [5, 5.41) is 3.37. The molecule has 1 unspecified atom stereocenters. The molecule has 0 radical (unpaired) electrons. The van der Waals surface area contributed by atoms with Crippen molar-refractivity contribution < 1.29 is 4.42 Å². The molecule has 1 atom stereocenters. The zero-order valence-corrected chi connectivity index (χ0v) is 8.34. The second-order valence-electron chi connectivity index (χ2n) is 3.16. The van der Waals surface area contributed by atoms with Gasteiger partial charge in [0, 0.05) is 5.56 Å². The third-order valence-corrected chi connectivity index (χ3v) is 1.96. The van der Waals surface area contributed by atoms with Crippen LogP contribution in [0.5, 0.6) is 0 Å². The minimum atomic E-state index is 0.220. The van der Waals surface area contributed by atoms with Crippen LogP contribution in [-0.2, 0) is 0 Å². The molecule has 0 aliphatic rings. The standard InChI is InChI=1S/C11H17NO/c1-4-6-12-11(5-2)10-7-9(3)13-8-10/h5,7-8,11-12H,2,4,6H2,1,3H3. The van der Waals surface area contributed by atoms with Crippen molar-refractivity contribution in [2.24, 2.45) is 0 Å². The van der Waals surface area contributed by atoms with E-state index in [1.165, 1.54) is 0 Å². The van der Waals surface area contributed by atoms with Crippen molar-refractivity contribution >= 4 is 0 Å². The van der Waals surface area contributed by atoms with Crippen LogP contribution in [-0.4, -0.2) is 6.54 Å². The lowest BCUT2D eigenvalue weighted by molar-refractivity contribution is 0.525. The van der Waals surface area contributed by atoms with Crippen LogP contribution in [0.3, 0.4) is 0 Å². The molecule has 0 spiro atoms. The Kier molecular flexibility index (Phi) is 3.77. The Bertz CT molecular complexity index is 265. The summed E-state index contributed by atoms with van der Waals surface area (Å²) >= 11 is 0. The van der Waals surface area contributed by atoms with Gasteiger partial charge in [-0.15, -0.1) is 6.58 Å². The van der Waals surface area contributed by atoms with Gasteiger partial charge in [-0.25, -0.2) is 0 Å². The SMILES string of the molecule is C=CC(NCCC)c1coc(C)c1. The molecule has 0 amide bonds. The lowest BCUT2D eigenvalue weighted by atomic mass is 10.1. The Hall–Kier alpha value is -1.02. The number of hydrogen-bond acceptors (Lipinski definition) is 2. The van der Waals surface area contributed by atoms with Gasteiger partial charge in [-0.1, -0.05) is 13.0 Å². The first-order valence-electron chi connectivity index (χ1n) is 4.69. The molecule has 0 aliphatic carbocycles. The number of nitrogens with one attached hydrogen (secondary N) is 1. The van der Waals surface area contributed by atoms with Gasteiger partial charge in [0.2, 0.25) is 0 Å². The van der Waals surface area contributed by atoms with E-state index in [0.29, 0.717) is 0 Å². The maximum atomic E-state index is 5.24. The van der Waals surface area contributed by atoms with E-state index >= 15 is 0 Å². The third kappa shape index (κ3) is 2.74. The molecule has 2 nitrogen and oxygen atoms in total. The second kappa shape index (κ2) is 4.87. The Labute approximate surface area is 79.6 Å². The van der Waals surface area contributed by atoms with Gasteiger partial charge < -0.3 is 9.73 Å². The van der Waals surface area contributed by atoms with Gasteiger partial charge in [0.1, 0.15) is 5.76 Å². The average molecular weight is 179 g/mol. The van der Waals surface area contributed by atoms with Crippen LogP contribution < -0.4 is 5.32 Å². The first kappa shape index (κ1) is 10.1. The van der Waals surface area contributed by atoms with Gasteiger partial charge in [0.25, 0.3) is 0 Å². The topological polar surface area (TPSA) is 25.2 Å². The second-order valence-corrected chi connectivity index (χ2v) is 3.16. The monoisotopic (exact) mass is 179 g/mol. The maximum absolute atomic E-state index is 5.24. The van der Waals surface area contributed by atoms with E-state index in [9.17, 15) is 0 Å². The van der Waals surface area contributed by atoms with Crippen molar-refractivity contribution in [1.29, 1.82) is 0 Å². The van der Waals surface area contributed by atoms with Crippen molar-refractivity contribution in [3.8, 4) is 0 Å². The number of aryl methyl sites for hydroxylation is 1. The van der Waals surface area contributed by atoms with Crippen molar-refractivity contribution in [1.82, 2.24) is 5.32 Å². The molecule has 72 valence electrons. The molecule has 0 aliphatic heterocycles. The minimum absolute atomic E-state index is 0.220. The zero-order valence-electron chi connectivity index (χ0n) is 8.34. The molecule has 0 bridgehead atoms. The van der Waals surface area contributed by atoms with E-state index in [1.807, 2.05) is 19.1 Å². The molecule has 1 N–H and O–H groups in total. The fraction of sp³-hybridized carbons (Fsp3) is 0.455. The highest BCUT2D eigenvalue weighted by atomic mass is 16.3. The van der Waals surface area contributed by atoms with E-state index < -0.39 is 0 Å². The van der Waals surface area contributed by atoms with Gasteiger partial charge in [-0.2, -0.15) is 0 Å². The molecule has 13 heavy (non-hydrogen) atoms. The Morgan fingerprint density at radius 2 is 2.46 bits per heavy atom. The maximum Gasteiger partial charge on any atom is 0.101 e. The van der Waals surface area contributed by atoms with Crippen molar-refractivity contribution in [2.45, 2.75) is 26.3 Å². The van der Waals surface area contributed by atoms with Gasteiger partial charge in [0.05, 0.1) is 12.3 Å². The van der Waals surface area contributed by atoms with Crippen LogP contribution in [0.25, 0.3) is 0 Å². The van der Waals surface area contributed by atoms with Crippen LogP contribution in [0.4, 0.5) is 0 Å². The van der Waals surface area contributed by atoms with E-state index in [0.717, 1.165) is 24.3 Å². The third-order valence-electron chi connectivity index (χ3n) is 1.96. The largest absolute Gasteiger partial charge is 0.469 e. The quantitative estimate of drug-likeness (QED) is 0.703. The first-order valence-corrected chi connectivity index (χ1v) is 4.69. The average Bonchev–Trinajstić information content (AvgIpc) is 2.54. The Balaban J connectivity index is 2.61. The summed E-state index contributed by atoms with van der Waals surface area (Å²) in [4.78, 5) is 0.